The highest BCUT2D eigenvalue weighted by Crippen LogP contribution is 2.57. The molecule has 4 radical (unpaired) electrons. The number of hydrogen-bond acceptors (Lipinski definition) is 0. The van der Waals surface area contributed by atoms with Crippen LogP contribution in [0.2, 0.25) is 10.6 Å². The van der Waals surface area contributed by atoms with E-state index in [0.29, 0.717) is 5.92 Å². The highest BCUT2D eigenvalue weighted by Gasteiger charge is 2.40. The van der Waals surface area contributed by atoms with E-state index < -0.39 is 0 Å². The fourth-order valence-corrected chi connectivity index (χ4v) is 2.05. The number of rotatable bonds is 0. The van der Waals surface area contributed by atoms with Crippen LogP contribution < -0.4 is 0 Å². The van der Waals surface area contributed by atoms with Crippen LogP contribution in [0.1, 0.15) is 33.6 Å². The summed E-state index contributed by atoms with van der Waals surface area (Å²) in [5.41, 5.74) is 0. The lowest BCUT2D eigenvalue weighted by molar-refractivity contribution is 0.480. The first-order valence-corrected chi connectivity index (χ1v) is 3.91. The van der Waals surface area contributed by atoms with E-state index in [0.717, 1.165) is 12.8 Å². The highest BCUT2D eigenvalue weighted by molar-refractivity contribution is 6.19. The third-order valence-electron chi connectivity index (χ3n) is 2.68. The van der Waals surface area contributed by atoms with Crippen LogP contribution in [-0.4, -0.2) is 15.7 Å². The molecule has 0 heterocycles. The SMILES string of the molecule is [B]C1(C)C[C@H](C)C([B])(C)C1. The van der Waals surface area contributed by atoms with E-state index in [2.05, 4.69) is 20.8 Å². The van der Waals surface area contributed by atoms with Crippen molar-refractivity contribution in [2.24, 2.45) is 5.92 Å². The Morgan fingerprint density at radius 2 is 1.80 bits per heavy atom. The maximum atomic E-state index is 6.02. The Hall–Kier alpha value is 0.130. The lowest BCUT2D eigenvalue weighted by Crippen LogP contribution is -2.10. The predicted molar refractivity (Wildman–Crippen MR) is 46.6 cm³/mol. The Morgan fingerprint density at radius 1 is 1.30 bits per heavy atom. The molecule has 0 nitrogen and oxygen atoms in total. The van der Waals surface area contributed by atoms with Gasteiger partial charge >= 0.3 is 0 Å². The van der Waals surface area contributed by atoms with Crippen LogP contribution >= 0.6 is 0 Å². The molecule has 0 bridgehead atoms. The van der Waals surface area contributed by atoms with Crippen LogP contribution in [0, 0.1) is 5.92 Å². The van der Waals surface area contributed by atoms with Crippen molar-refractivity contribution in [3.05, 3.63) is 0 Å². The zero-order valence-corrected chi connectivity index (χ0v) is 7.15. The monoisotopic (exact) mass is 132 g/mol. The molecule has 1 saturated carbocycles. The molecule has 0 aromatic heterocycles. The van der Waals surface area contributed by atoms with Crippen LogP contribution in [0.5, 0.6) is 0 Å². The molecule has 0 aliphatic heterocycles. The maximum absolute atomic E-state index is 6.02. The van der Waals surface area contributed by atoms with Gasteiger partial charge in [0, 0.05) is 0 Å². The van der Waals surface area contributed by atoms with Gasteiger partial charge in [-0.05, 0) is 5.92 Å². The van der Waals surface area contributed by atoms with Gasteiger partial charge in [-0.25, -0.2) is 0 Å². The molecule has 1 aliphatic carbocycles. The summed E-state index contributed by atoms with van der Waals surface area (Å²) in [5.74, 6) is 0.558. The van der Waals surface area contributed by atoms with Gasteiger partial charge in [-0.15, -0.1) is 0 Å². The van der Waals surface area contributed by atoms with Crippen molar-refractivity contribution in [3.63, 3.8) is 0 Å². The summed E-state index contributed by atoms with van der Waals surface area (Å²) < 4.78 is 0. The van der Waals surface area contributed by atoms with Gasteiger partial charge < -0.3 is 0 Å². The van der Waals surface area contributed by atoms with Gasteiger partial charge in [0.15, 0.2) is 0 Å². The summed E-state index contributed by atoms with van der Waals surface area (Å²) in [7, 11) is 12.0. The lowest BCUT2D eigenvalue weighted by Gasteiger charge is -2.24. The molecule has 1 fully saturated rings. The molecule has 1 aliphatic rings. The van der Waals surface area contributed by atoms with Crippen LogP contribution in [0.4, 0.5) is 0 Å². The van der Waals surface area contributed by atoms with Gasteiger partial charge in [0.25, 0.3) is 0 Å². The van der Waals surface area contributed by atoms with E-state index in [-0.39, 0.29) is 10.6 Å². The second-order valence-corrected chi connectivity index (χ2v) is 4.44. The topological polar surface area (TPSA) is 0 Å². The summed E-state index contributed by atoms with van der Waals surface area (Å²) in [6.45, 7) is 6.36. The van der Waals surface area contributed by atoms with E-state index in [9.17, 15) is 0 Å². The maximum Gasteiger partial charge on any atom is 0.0746 e. The fourth-order valence-electron chi connectivity index (χ4n) is 2.05. The minimum absolute atomic E-state index is 0.0249. The van der Waals surface area contributed by atoms with Gasteiger partial charge in [0.05, 0.1) is 15.7 Å². The van der Waals surface area contributed by atoms with Crippen LogP contribution in [0.25, 0.3) is 0 Å². The molecular formula is C8H14B2. The van der Waals surface area contributed by atoms with Gasteiger partial charge in [-0.2, -0.15) is 0 Å². The average Bonchev–Trinajstić information content (AvgIpc) is 1.73. The second kappa shape index (κ2) is 2.06. The van der Waals surface area contributed by atoms with Crippen LogP contribution in [0.15, 0.2) is 0 Å². The van der Waals surface area contributed by atoms with Gasteiger partial charge in [-0.3, -0.25) is 0 Å². The van der Waals surface area contributed by atoms with Gasteiger partial charge in [-0.1, -0.05) is 44.2 Å². The van der Waals surface area contributed by atoms with Crippen molar-refractivity contribution < 1.29 is 0 Å². The van der Waals surface area contributed by atoms with Crippen molar-refractivity contribution in [3.8, 4) is 0 Å². The van der Waals surface area contributed by atoms with E-state index in [1.54, 1.807) is 0 Å². The molecule has 3 atom stereocenters. The van der Waals surface area contributed by atoms with Gasteiger partial charge in [0.1, 0.15) is 0 Å². The molecule has 52 valence electrons. The minimum atomic E-state index is -0.0382. The zero-order chi connectivity index (χ0) is 7.99. The second-order valence-electron chi connectivity index (χ2n) is 4.44. The summed E-state index contributed by atoms with van der Waals surface area (Å²) in [5, 5.41) is -0.0631. The Labute approximate surface area is 66.6 Å². The quantitative estimate of drug-likeness (QED) is 0.442. The largest absolute Gasteiger partial charge is 0.0746 e. The summed E-state index contributed by atoms with van der Waals surface area (Å²) in [6, 6.07) is 0. The Kier molecular flexibility index (Phi) is 1.69. The Balaban J connectivity index is 2.71. The average molecular weight is 132 g/mol. The van der Waals surface area contributed by atoms with Crippen molar-refractivity contribution in [2.75, 3.05) is 0 Å². The molecule has 0 saturated heterocycles. The predicted octanol–water partition coefficient (Wildman–Crippen LogP) is 2.11. The van der Waals surface area contributed by atoms with Crippen molar-refractivity contribution >= 4 is 15.7 Å². The molecule has 0 aromatic carbocycles. The first-order chi connectivity index (χ1) is 4.33. The fraction of sp³-hybridized carbons (Fsp3) is 1.00. The third-order valence-corrected chi connectivity index (χ3v) is 2.68. The molecule has 1 rings (SSSR count). The molecular weight excluding hydrogens is 118 g/mol. The first-order valence-electron chi connectivity index (χ1n) is 3.91. The smallest absolute Gasteiger partial charge is 0.0688 e. The van der Waals surface area contributed by atoms with Crippen molar-refractivity contribution in [1.82, 2.24) is 0 Å². The summed E-state index contributed by atoms with van der Waals surface area (Å²) in [4.78, 5) is 0. The third kappa shape index (κ3) is 1.41. The van der Waals surface area contributed by atoms with Crippen LogP contribution in [0.3, 0.4) is 0 Å². The molecule has 10 heavy (non-hydrogen) atoms. The first kappa shape index (κ1) is 8.23. The number of hydrogen-bond donors (Lipinski definition) is 0. The Bertz CT molecular complexity index is 138. The highest BCUT2D eigenvalue weighted by atomic mass is 14.4. The standard InChI is InChI=1S/C8H14B2/c1-6-4-7(2,9)5-8(6,3)10/h6H,4-5H2,1-3H3/t6-,7?,8?/m0/s1. The molecule has 0 amide bonds. The summed E-state index contributed by atoms with van der Waals surface area (Å²) >= 11 is 0. The molecule has 0 spiro atoms. The van der Waals surface area contributed by atoms with E-state index in [1.165, 1.54) is 0 Å². The van der Waals surface area contributed by atoms with E-state index in [1.807, 2.05) is 0 Å². The van der Waals surface area contributed by atoms with Gasteiger partial charge in [0.2, 0.25) is 0 Å². The molecule has 2 heteroatoms. The minimum Gasteiger partial charge on any atom is -0.0688 e. The summed E-state index contributed by atoms with van der Waals surface area (Å²) in [6.07, 6.45) is 2.00. The zero-order valence-electron chi connectivity index (χ0n) is 7.15. The molecule has 2 unspecified atom stereocenters. The van der Waals surface area contributed by atoms with E-state index in [4.69, 9.17) is 15.7 Å². The van der Waals surface area contributed by atoms with Crippen molar-refractivity contribution in [2.45, 2.75) is 44.2 Å². The van der Waals surface area contributed by atoms with Crippen LogP contribution in [-0.2, 0) is 0 Å². The normalized spacial score (nSPS) is 55.3. The lowest BCUT2D eigenvalue weighted by atomic mass is 9.61. The van der Waals surface area contributed by atoms with E-state index >= 15 is 0 Å². The van der Waals surface area contributed by atoms with Crippen molar-refractivity contribution in [1.29, 1.82) is 0 Å². The molecule has 0 aromatic rings. The Morgan fingerprint density at radius 3 is 1.90 bits per heavy atom. The molecule has 0 N–H and O–H groups in total.